The van der Waals surface area contributed by atoms with E-state index in [0.29, 0.717) is 17.1 Å². The Labute approximate surface area is 162 Å². The molecule has 1 aliphatic rings. The van der Waals surface area contributed by atoms with Crippen LogP contribution in [0.1, 0.15) is 11.1 Å². The number of fused-ring (bicyclic) bond motifs is 1. The molecular formula is C20H20N4O2S. The monoisotopic (exact) mass is 380 g/mol. The fourth-order valence-electron chi connectivity index (χ4n) is 3.37. The van der Waals surface area contributed by atoms with Crippen LogP contribution in [0, 0.1) is 4.77 Å². The number of carbonyl (C=O) groups excluding carboxylic acids is 1. The molecule has 2 aromatic carbocycles. The minimum absolute atomic E-state index is 0.0387. The molecule has 0 saturated heterocycles. The van der Waals surface area contributed by atoms with Crippen molar-refractivity contribution in [3.8, 4) is 17.1 Å². The smallest absolute Gasteiger partial charge is 0.242 e. The van der Waals surface area contributed by atoms with Crippen LogP contribution in [-0.2, 0) is 24.3 Å². The van der Waals surface area contributed by atoms with Gasteiger partial charge in [-0.25, -0.2) is 0 Å². The maximum atomic E-state index is 12.9. The Kier molecular flexibility index (Phi) is 4.77. The van der Waals surface area contributed by atoms with Gasteiger partial charge in [-0.2, -0.15) is 5.10 Å². The van der Waals surface area contributed by atoms with E-state index in [0.717, 1.165) is 24.3 Å². The minimum Gasteiger partial charge on any atom is -0.497 e. The molecule has 1 amide bonds. The molecule has 0 atom stereocenters. The molecule has 1 aliphatic heterocycles. The highest BCUT2D eigenvalue weighted by molar-refractivity contribution is 7.71. The van der Waals surface area contributed by atoms with Crippen LogP contribution in [0.2, 0.25) is 0 Å². The predicted octanol–water partition coefficient (Wildman–Crippen LogP) is 3.20. The van der Waals surface area contributed by atoms with Gasteiger partial charge >= 0.3 is 0 Å². The normalized spacial score (nSPS) is 13.3. The minimum atomic E-state index is 0.0387. The first-order valence-corrected chi connectivity index (χ1v) is 9.20. The summed E-state index contributed by atoms with van der Waals surface area (Å²) < 4.78 is 7.38. The third-order valence-electron chi connectivity index (χ3n) is 4.88. The van der Waals surface area contributed by atoms with E-state index in [2.05, 4.69) is 22.3 Å². The number of aromatic amines is 1. The second-order valence-corrected chi connectivity index (χ2v) is 6.89. The first-order chi connectivity index (χ1) is 13.2. The predicted molar refractivity (Wildman–Crippen MR) is 105 cm³/mol. The van der Waals surface area contributed by atoms with Gasteiger partial charge in [0, 0.05) is 18.7 Å². The molecule has 0 saturated carbocycles. The largest absolute Gasteiger partial charge is 0.497 e. The van der Waals surface area contributed by atoms with Crippen molar-refractivity contribution in [2.24, 2.45) is 0 Å². The van der Waals surface area contributed by atoms with E-state index in [1.807, 2.05) is 41.3 Å². The molecule has 0 radical (unpaired) electrons. The van der Waals surface area contributed by atoms with E-state index in [1.165, 1.54) is 11.1 Å². The summed E-state index contributed by atoms with van der Waals surface area (Å²) in [6.07, 6.45) is 0.879. The van der Waals surface area contributed by atoms with Crippen LogP contribution in [0.25, 0.3) is 11.4 Å². The van der Waals surface area contributed by atoms with Gasteiger partial charge in [0.25, 0.3) is 0 Å². The standard InChI is InChI=1S/C20H20N4O2S/c1-26-17-8-6-15(7-9-17)19-21-22-20(27)24(19)13-18(25)23-11-10-14-4-2-3-5-16(14)12-23/h2-9H,10-13H2,1H3,(H,22,27). The van der Waals surface area contributed by atoms with Crippen molar-refractivity contribution < 1.29 is 9.53 Å². The van der Waals surface area contributed by atoms with Crippen molar-refractivity contribution in [1.82, 2.24) is 19.7 Å². The quantitative estimate of drug-likeness (QED) is 0.706. The van der Waals surface area contributed by atoms with Gasteiger partial charge in [0.15, 0.2) is 10.6 Å². The Balaban J connectivity index is 1.55. The molecule has 1 N–H and O–H groups in total. The number of ether oxygens (including phenoxy) is 1. The average molecular weight is 380 g/mol. The topological polar surface area (TPSA) is 63.1 Å². The Hall–Kier alpha value is -2.93. The van der Waals surface area contributed by atoms with E-state index >= 15 is 0 Å². The van der Waals surface area contributed by atoms with Gasteiger partial charge in [0.2, 0.25) is 5.91 Å². The van der Waals surface area contributed by atoms with Crippen LogP contribution in [0.15, 0.2) is 48.5 Å². The molecule has 0 spiro atoms. The zero-order valence-corrected chi connectivity index (χ0v) is 15.8. The Bertz CT molecular complexity index is 1020. The van der Waals surface area contributed by atoms with Crippen LogP contribution < -0.4 is 4.74 Å². The molecule has 6 nitrogen and oxygen atoms in total. The molecule has 0 unspecified atom stereocenters. The molecule has 4 rings (SSSR count). The first kappa shape index (κ1) is 17.5. The number of benzene rings is 2. The summed E-state index contributed by atoms with van der Waals surface area (Å²) >= 11 is 5.35. The number of carbonyl (C=O) groups is 1. The van der Waals surface area contributed by atoms with Gasteiger partial charge in [-0.3, -0.25) is 14.5 Å². The van der Waals surface area contributed by atoms with E-state index in [-0.39, 0.29) is 12.5 Å². The lowest BCUT2D eigenvalue weighted by atomic mass is 10.00. The summed E-state index contributed by atoms with van der Waals surface area (Å²) in [5.41, 5.74) is 3.41. The zero-order valence-electron chi connectivity index (χ0n) is 15.0. The van der Waals surface area contributed by atoms with Crippen molar-refractivity contribution >= 4 is 18.1 Å². The Morgan fingerprint density at radius 2 is 1.93 bits per heavy atom. The third-order valence-corrected chi connectivity index (χ3v) is 5.19. The van der Waals surface area contributed by atoms with E-state index in [4.69, 9.17) is 17.0 Å². The number of amides is 1. The maximum Gasteiger partial charge on any atom is 0.242 e. The molecular weight excluding hydrogens is 360 g/mol. The Morgan fingerprint density at radius 3 is 2.67 bits per heavy atom. The van der Waals surface area contributed by atoms with Gasteiger partial charge in [-0.05, 0) is 54.0 Å². The molecule has 0 aliphatic carbocycles. The molecule has 1 aromatic heterocycles. The SMILES string of the molecule is COc1ccc(-c2n[nH]c(=S)n2CC(=O)N2CCc3ccccc3C2)cc1. The van der Waals surface area contributed by atoms with Crippen molar-refractivity contribution in [2.45, 2.75) is 19.5 Å². The van der Waals surface area contributed by atoms with Crippen LogP contribution in [0.4, 0.5) is 0 Å². The van der Waals surface area contributed by atoms with Crippen molar-refractivity contribution in [3.63, 3.8) is 0 Å². The van der Waals surface area contributed by atoms with Crippen molar-refractivity contribution in [1.29, 1.82) is 0 Å². The summed E-state index contributed by atoms with van der Waals surface area (Å²) in [7, 11) is 1.63. The number of rotatable bonds is 4. The molecule has 3 aromatic rings. The number of hydrogen-bond acceptors (Lipinski definition) is 4. The van der Waals surface area contributed by atoms with Crippen LogP contribution >= 0.6 is 12.2 Å². The van der Waals surface area contributed by atoms with Gasteiger partial charge in [-0.15, -0.1) is 0 Å². The summed E-state index contributed by atoms with van der Waals surface area (Å²) in [5, 5.41) is 7.11. The third kappa shape index (κ3) is 3.50. The summed E-state index contributed by atoms with van der Waals surface area (Å²) in [5.74, 6) is 1.45. The summed E-state index contributed by atoms with van der Waals surface area (Å²) in [6, 6.07) is 15.8. The lowest BCUT2D eigenvalue weighted by Gasteiger charge is -2.29. The number of aromatic nitrogens is 3. The average Bonchev–Trinajstić information content (AvgIpc) is 3.08. The fraction of sp³-hybridized carbons (Fsp3) is 0.250. The number of nitrogens with one attached hydrogen (secondary N) is 1. The highest BCUT2D eigenvalue weighted by atomic mass is 32.1. The highest BCUT2D eigenvalue weighted by Gasteiger charge is 2.22. The highest BCUT2D eigenvalue weighted by Crippen LogP contribution is 2.22. The second kappa shape index (κ2) is 7.36. The van der Waals surface area contributed by atoms with Gasteiger partial charge < -0.3 is 9.64 Å². The molecule has 138 valence electrons. The first-order valence-electron chi connectivity index (χ1n) is 8.80. The van der Waals surface area contributed by atoms with E-state index in [9.17, 15) is 4.79 Å². The number of H-pyrrole nitrogens is 1. The molecule has 2 heterocycles. The van der Waals surface area contributed by atoms with Crippen LogP contribution in [0.3, 0.4) is 0 Å². The van der Waals surface area contributed by atoms with Gasteiger partial charge in [-0.1, -0.05) is 24.3 Å². The van der Waals surface area contributed by atoms with Crippen molar-refractivity contribution in [2.75, 3.05) is 13.7 Å². The van der Waals surface area contributed by atoms with Gasteiger partial charge in [0.05, 0.1) is 7.11 Å². The molecule has 27 heavy (non-hydrogen) atoms. The maximum absolute atomic E-state index is 12.9. The lowest BCUT2D eigenvalue weighted by molar-refractivity contribution is -0.132. The van der Waals surface area contributed by atoms with Crippen LogP contribution in [-0.4, -0.2) is 39.2 Å². The summed E-state index contributed by atoms with van der Waals surface area (Å²) in [4.78, 5) is 14.8. The summed E-state index contributed by atoms with van der Waals surface area (Å²) in [6.45, 7) is 1.52. The number of nitrogens with zero attached hydrogens (tertiary/aromatic N) is 3. The Morgan fingerprint density at radius 1 is 1.19 bits per heavy atom. The fourth-order valence-corrected chi connectivity index (χ4v) is 3.57. The van der Waals surface area contributed by atoms with Crippen LogP contribution in [0.5, 0.6) is 5.75 Å². The zero-order chi connectivity index (χ0) is 18.8. The second-order valence-electron chi connectivity index (χ2n) is 6.50. The van der Waals surface area contributed by atoms with Gasteiger partial charge in [0.1, 0.15) is 12.3 Å². The molecule has 7 heteroatoms. The number of methoxy groups -OCH3 is 1. The molecule has 0 fully saturated rings. The number of hydrogen-bond donors (Lipinski definition) is 1. The van der Waals surface area contributed by atoms with E-state index < -0.39 is 0 Å². The molecule has 0 bridgehead atoms. The van der Waals surface area contributed by atoms with E-state index in [1.54, 1.807) is 11.7 Å². The van der Waals surface area contributed by atoms with Crippen molar-refractivity contribution in [3.05, 3.63) is 64.4 Å². The lowest BCUT2D eigenvalue weighted by Crippen LogP contribution is -2.38.